The zero-order valence-corrected chi connectivity index (χ0v) is 13.9. The highest BCUT2D eigenvalue weighted by molar-refractivity contribution is 5.96. The van der Waals surface area contributed by atoms with Crippen LogP contribution < -0.4 is 15.4 Å². The Hall–Kier alpha value is -2.24. The molecule has 0 aliphatic carbocycles. The molecule has 6 nitrogen and oxygen atoms in total. The minimum atomic E-state index is -0.711. The number of rotatable bonds is 4. The topological polar surface area (TPSA) is 76.7 Å². The first-order valence-corrected chi connectivity index (χ1v) is 7.07. The van der Waals surface area contributed by atoms with Gasteiger partial charge in [0, 0.05) is 5.69 Å². The molecule has 0 heterocycles. The number of alkyl carbamates (subject to hydrolysis) is 1. The van der Waals surface area contributed by atoms with Gasteiger partial charge in [0.2, 0.25) is 5.91 Å². The van der Waals surface area contributed by atoms with Crippen molar-refractivity contribution in [2.24, 2.45) is 0 Å². The van der Waals surface area contributed by atoms with Crippen molar-refractivity contribution in [3.8, 4) is 5.75 Å². The van der Waals surface area contributed by atoms with Crippen LogP contribution >= 0.6 is 0 Å². The second-order valence-electron chi connectivity index (χ2n) is 6.04. The average molecular weight is 308 g/mol. The molecular weight excluding hydrogens is 284 g/mol. The Morgan fingerprint density at radius 3 is 2.36 bits per heavy atom. The molecule has 0 bridgehead atoms. The number of carbonyl (C=O) groups excluding carboxylic acids is 2. The summed E-state index contributed by atoms with van der Waals surface area (Å²) in [4.78, 5) is 23.7. The molecule has 1 aromatic rings. The quantitative estimate of drug-likeness (QED) is 0.896. The fourth-order valence-electron chi connectivity index (χ4n) is 1.76. The predicted molar refractivity (Wildman–Crippen MR) is 85.2 cm³/mol. The van der Waals surface area contributed by atoms with E-state index in [2.05, 4.69) is 10.6 Å². The molecule has 1 rings (SSSR count). The first kappa shape index (κ1) is 17.8. The number of aryl methyl sites for hydroxylation is 1. The third kappa shape index (κ3) is 5.63. The largest absolute Gasteiger partial charge is 0.496 e. The molecule has 0 spiro atoms. The molecule has 6 heteroatoms. The van der Waals surface area contributed by atoms with Gasteiger partial charge in [-0.25, -0.2) is 4.79 Å². The van der Waals surface area contributed by atoms with Gasteiger partial charge >= 0.3 is 6.09 Å². The van der Waals surface area contributed by atoms with E-state index in [1.54, 1.807) is 53.0 Å². The minimum Gasteiger partial charge on any atom is -0.496 e. The van der Waals surface area contributed by atoms with Crippen LogP contribution in [0.3, 0.4) is 0 Å². The molecule has 22 heavy (non-hydrogen) atoms. The van der Waals surface area contributed by atoms with Gasteiger partial charge in [-0.3, -0.25) is 4.79 Å². The summed E-state index contributed by atoms with van der Waals surface area (Å²) in [5, 5.41) is 5.23. The number of benzene rings is 1. The molecular formula is C16H24N2O4. The van der Waals surface area contributed by atoms with E-state index in [1.807, 2.05) is 6.92 Å². The van der Waals surface area contributed by atoms with Crippen LogP contribution in [0.5, 0.6) is 5.75 Å². The lowest BCUT2D eigenvalue weighted by molar-refractivity contribution is -0.117. The summed E-state index contributed by atoms with van der Waals surface area (Å²) in [5.41, 5.74) is 0.946. The predicted octanol–water partition coefficient (Wildman–Crippen LogP) is 2.86. The van der Waals surface area contributed by atoms with E-state index < -0.39 is 17.7 Å². The van der Waals surface area contributed by atoms with E-state index in [0.717, 1.165) is 11.3 Å². The lowest BCUT2D eigenvalue weighted by Crippen LogP contribution is -2.43. The molecule has 0 saturated carbocycles. The molecule has 122 valence electrons. The lowest BCUT2D eigenvalue weighted by atomic mass is 10.2. The molecule has 0 aromatic heterocycles. The molecule has 0 aliphatic rings. The smallest absolute Gasteiger partial charge is 0.408 e. The van der Waals surface area contributed by atoms with Crippen molar-refractivity contribution in [1.29, 1.82) is 0 Å². The summed E-state index contributed by atoms with van der Waals surface area (Å²) in [6.45, 7) is 8.76. The molecule has 0 radical (unpaired) electrons. The van der Waals surface area contributed by atoms with E-state index in [-0.39, 0.29) is 5.91 Å². The van der Waals surface area contributed by atoms with Crippen molar-refractivity contribution in [1.82, 2.24) is 5.32 Å². The van der Waals surface area contributed by atoms with Crippen LogP contribution in [0, 0.1) is 6.92 Å². The summed E-state index contributed by atoms with van der Waals surface area (Å²) >= 11 is 0. The van der Waals surface area contributed by atoms with Crippen molar-refractivity contribution >= 4 is 17.7 Å². The van der Waals surface area contributed by atoms with Crippen molar-refractivity contribution in [2.75, 3.05) is 12.4 Å². The second kappa shape index (κ2) is 7.15. The number of carbonyl (C=O) groups is 2. The SMILES string of the molecule is COc1ccc(NC(=O)[C@@H](C)NC(=O)OC(C)(C)C)cc1C. The maximum Gasteiger partial charge on any atom is 0.408 e. The Labute approximate surface area is 131 Å². The van der Waals surface area contributed by atoms with E-state index in [0.29, 0.717) is 5.69 Å². The van der Waals surface area contributed by atoms with Crippen molar-refractivity contribution in [3.05, 3.63) is 23.8 Å². The Morgan fingerprint density at radius 2 is 1.86 bits per heavy atom. The number of hydrogen-bond acceptors (Lipinski definition) is 4. The maximum absolute atomic E-state index is 12.1. The molecule has 1 aromatic carbocycles. The summed E-state index contributed by atoms with van der Waals surface area (Å²) < 4.78 is 10.3. The normalized spacial score (nSPS) is 12.3. The zero-order chi connectivity index (χ0) is 16.9. The van der Waals surface area contributed by atoms with Crippen LogP contribution in [0.2, 0.25) is 0 Å². The fraction of sp³-hybridized carbons (Fsp3) is 0.500. The van der Waals surface area contributed by atoms with Gasteiger partial charge in [0.1, 0.15) is 17.4 Å². The Balaban J connectivity index is 2.61. The summed E-state index contributed by atoms with van der Waals surface area (Å²) in [6.07, 6.45) is -0.624. The number of ether oxygens (including phenoxy) is 2. The second-order valence-corrected chi connectivity index (χ2v) is 6.04. The summed E-state index contributed by atoms with van der Waals surface area (Å²) in [6, 6.07) is 4.61. The molecule has 2 amide bonds. The van der Waals surface area contributed by atoms with Crippen LogP contribution in [0.15, 0.2) is 18.2 Å². The number of methoxy groups -OCH3 is 1. The monoisotopic (exact) mass is 308 g/mol. The molecule has 2 N–H and O–H groups in total. The molecule has 0 aliphatic heterocycles. The number of nitrogens with one attached hydrogen (secondary N) is 2. The molecule has 0 unspecified atom stereocenters. The fourth-order valence-corrected chi connectivity index (χ4v) is 1.76. The maximum atomic E-state index is 12.1. The highest BCUT2D eigenvalue weighted by atomic mass is 16.6. The van der Waals surface area contributed by atoms with Crippen molar-refractivity contribution in [3.63, 3.8) is 0 Å². The van der Waals surface area contributed by atoms with E-state index in [4.69, 9.17) is 9.47 Å². The Morgan fingerprint density at radius 1 is 1.23 bits per heavy atom. The minimum absolute atomic E-state index is 0.324. The van der Waals surface area contributed by atoms with E-state index >= 15 is 0 Å². The van der Waals surface area contributed by atoms with Crippen LogP contribution in [0.1, 0.15) is 33.3 Å². The van der Waals surface area contributed by atoms with Gasteiger partial charge < -0.3 is 20.1 Å². The van der Waals surface area contributed by atoms with Gasteiger partial charge in [0.15, 0.2) is 0 Å². The highest BCUT2D eigenvalue weighted by Crippen LogP contribution is 2.21. The van der Waals surface area contributed by atoms with E-state index in [9.17, 15) is 9.59 Å². The van der Waals surface area contributed by atoms with Gasteiger partial charge in [-0.1, -0.05) is 0 Å². The number of amides is 2. The average Bonchev–Trinajstić information content (AvgIpc) is 2.36. The number of anilines is 1. The molecule has 1 atom stereocenters. The van der Waals surface area contributed by atoms with Crippen LogP contribution in [0.25, 0.3) is 0 Å². The standard InChI is InChI=1S/C16H24N2O4/c1-10-9-12(7-8-13(10)21-6)18-14(19)11(2)17-15(20)22-16(3,4)5/h7-9,11H,1-6H3,(H,17,20)(H,18,19)/t11-/m1/s1. The highest BCUT2D eigenvalue weighted by Gasteiger charge is 2.21. The van der Waals surface area contributed by atoms with Crippen LogP contribution in [-0.4, -0.2) is 30.8 Å². The summed E-state index contributed by atoms with van der Waals surface area (Å²) in [5.74, 6) is 0.424. The van der Waals surface area contributed by atoms with Crippen molar-refractivity contribution in [2.45, 2.75) is 46.3 Å². The van der Waals surface area contributed by atoms with Gasteiger partial charge in [-0.05, 0) is 58.4 Å². The zero-order valence-electron chi connectivity index (χ0n) is 13.9. The van der Waals surface area contributed by atoms with Gasteiger partial charge in [-0.2, -0.15) is 0 Å². The lowest BCUT2D eigenvalue weighted by Gasteiger charge is -2.21. The molecule has 0 fully saturated rings. The van der Waals surface area contributed by atoms with Crippen LogP contribution in [0.4, 0.5) is 10.5 Å². The Kier molecular flexibility index (Phi) is 5.79. The third-order valence-corrected chi connectivity index (χ3v) is 2.79. The van der Waals surface area contributed by atoms with Gasteiger partial charge in [0.05, 0.1) is 7.11 Å². The summed E-state index contributed by atoms with van der Waals surface area (Å²) in [7, 11) is 1.59. The van der Waals surface area contributed by atoms with Crippen molar-refractivity contribution < 1.29 is 19.1 Å². The molecule has 0 saturated heterocycles. The van der Waals surface area contributed by atoms with E-state index in [1.165, 1.54) is 0 Å². The first-order chi connectivity index (χ1) is 10.1. The first-order valence-electron chi connectivity index (χ1n) is 7.07. The number of hydrogen-bond donors (Lipinski definition) is 2. The third-order valence-electron chi connectivity index (χ3n) is 2.79. The van der Waals surface area contributed by atoms with Gasteiger partial charge in [0.25, 0.3) is 0 Å². The van der Waals surface area contributed by atoms with Gasteiger partial charge in [-0.15, -0.1) is 0 Å². The van der Waals surface area contributed by atoms with Crippen LogP contribution in [-0.2, 0) is 9.53 Å². The Bertz CT molecular complexity index is 550.